The highest BCUT2D eigenvalue weighted by molar-refractivity contribution is 7.96. The molecule has 1 aliphatic rings. The van der Waals surface area contributed by atoms with Crippen LogP contribution in [0.15, 0.2) is 30.3 Å². The molecule has 0 radical (unpaired) electrons. The van der Waals surface area contributed by atoms with E-state index in [4.69, 9.17) is 17.0 Å². The molecule has 1 amide bonds. The van der Waals surface area contributed by atoms with E-state index in [-0.39, 0.29) is 28.2 Å². The van der Waals surface area contributed by atoms with Crippen LogP contribution in [-0.2, 0) is 0 Å². The number of benzene rings is 1. The Morgan fingerprint density at radius 1 is 1.29 bits per heavy atom. The van der Waals surface area contributed by atoms with Crippen molar-refractivity contribution in [3.8, 4) is 5.75 Å². The lowest BCUT2D eigenvalue weighted by Crippen LogP contribution is -2.55. The quantitative estimate of drug-likeness (QED) is 0.388. The summed E-state index contributed by atoms with van der Waals surface area (Å²) in [4.78, 5) is 11.6. The summed E-state index contributed by atoms with van der Waals surface area (Å²) in [5.74, 6) is 0.739. The van der Waals surface area contributed by atoms with Gasteiger partial charge >= 0.3 is 0 Å². The molecule has 3 unspecified atom stereocenters. The summed E-state index contributed by atoms with van der Waals surface area (Å²) in [6.45, 7) is 9.06. The maximum absolute atomic E-state index is 11.6. The van der Waals surface area contributed by atoms with Crippen molar-refractivity contribution in [2.45, 2.75) is 78.3 Å². The summed E-state index contributed by atoms with van der Waals surface area (Å²) in [5.41, 5.74) is 0.115. The first kappa shape index (κ1) is 23.0. The van der Waals surface area contributed by atoms with Gasteiger partial charge in [-0.15, -0.1) is 0 Å². The van der Waals surface area contributed by atoms with E-state index in [0.717, 1.165) is 44.3 Å². The summed E-state index contributed by atoms with van der Waals surface area (Å²) in [7, 11) is 0. The van der Waals surface area contributed by atoms with Crippen LogP contribution in [0.25, 0.3) is 0 Å². The van der Waals surface area contributed by atoms with Crippen LogP contribution in [0.3, 0.4) is 0 Å². The molecule has 156 valence electrons. The van der Waals surface area contributed by atoms with Crippen LogP contribution in [0, 0.1) is 10.8 Å². The maximum Gasteiger partial charge on any atom is 0.276 e. The minimum absolute atomic E-state index is 0.0120. The van der Waals surface area contributed by atoms with E-state index in [1.54, 1.807) is 0 Å². The van der Waals surface area contributed by atoms with Gasteiger partial charge in [0.15, 0.2) is 0 Å². The van der Waals surface area contributed by atoms with Crippen LogP contribution in [0.5, 0.6) is 5.75 Å². The fourth-order valence-electron chi connectivity index (χ4n) is 4.85. The minimum atomic E-state index is -0.258. The fourth-order valence-corrected chi connectivity index (χ4v) is 5.27. The lowest BCUT2D eigenvalue weighted by atomic mass is 9.59. The molecule has 0 heterocycles. The smallest absolute Gasteiger partial charge is 0.276 e. The summed E-state index contributed by atoms with van der Waals surface area (Å²) < 4.78 is 5.84. The zero-order valence-electron chi connectivity index (χ0n) is 17.5. The SMILES string of the molecule is CCCCC(NC(=S)Oc1ccccc1)C1(C)CC(NC(=O)S)CC(C)(C)C1. The van der Waals surface area contributed by atoms with Gasteiger partial charge in [0.05, 0.1) is 0 Å². The van der Waals surface area contributed by atoms with Crippen molar-refractivity contribution in [2.75, 3.05) is 0 Å². The first-order valence-corrected chi connectivity index (χ1v) is 11.0. The van der Waals surface area contributed by atoms with Gasteiger partial charge in [-0.2, -0.15) is 0 Å². The number of unbranched alkanes of at least 4 members (excludes halogenated alkanes) is 1. The van der Waals surface area contributed by atoms with Crippen molar-refractivity contribution < 1.29 is 9.53 Å². The van der Waals surface area contributed by atoms with Gasteiger partial charge in [0, 0.05) is 12.1 Å². The summed E-state index contributed by atoms with van der Waals surface area (Å²) in [6.07, 6.45) is 6.18. The van der Waals surface area contributed by atoms with Crippen LogP contribution >= 0.6 is 24.8 Å². The van der Waals surface area contributed by atoms with E-state index >= 15 is 0 Å². The van der Waals surface area contributed by atoms with Gasteiger partial charge in [-0.1, -0.05) is 71.4 Å². The normalized spacial score (nSPS) is 24.8. The molecule has 1 fully saturated rings. The largest absolute Gasteiger partial charge is 0.432 e. The van der Waals surface area contributed by atoms with Crippen molar-refractivity contribution in [2.24, 2.45) is 10.8 Å². The topological polar surface area (TPSA) is 50.4 Å². The molecular formula is C22H34N2O2S2. The highest BCUT2D eigenvalue weighted by Gasteiger charge is 2.46. The van der Waals surface area contributed by atoms with Gasteiger partial charge in [0.25, 0.3) is 10.4 Å². The standard InChI is InChI=1S/C22H34N2O2S2/c1-5-6-12-18(24-20(28)26-17-10-8-7-9-11-17)22(4)14-16(23-19(25)27)13-21(2,3)15-22/h7-11,16,18H,5-6,12-15H2,1-4H3,(H,24,28)(H2,23,25,27). The van der Waals surface area contributed by atoms with Crippen LogP contribution in [0.2, 0.25) is 0 Å². The number of carbonyl (C=O) groups is 1. The molecule has 2 rings (SSSR count). The lowest BCUT2D eigenvalue weighted by Gasteiger charge is -2.50. The van der Waals surface area contributed by atoms with Gasteiger partial charge in [-0.3, -0.25) is 4.79 Å². The van der Waals surface area contributed by atoms with Crippen LogP contribution in [0.1, 0.15) is 66.2 Å². The third kappa shape index (κ3) is 6.96. The summed E-state index contributed by atoms with van der Waals surface area (Å²) >= 11 is 9.46. The highest BCUT2D eigenvalue weighted by atomic mass is 32.1. The zero-order chi connectivity index (χ0) is 20.8. The maximum atomic E-state index is 11.6. The molecule has 2 N–H and O–H groups in total. The van der Waals surface area contributed by atoms with E-state index < -0.39 is 0 Å². The van der Waals surface area contributed by atoms with Gasteiger partial charge in [-0.25, -0.2) is 0 Å². The molecule has 0 spiro atoms. The number of hydrogen-bond donors (Lipinski definition) is 3. The Hall–Kier alpha value is -1.27. The molecule has 4 nitrogen and oxygen atoms in total. The Labute approximate surface area is 180 Å². The summed E-state index contributed by atoms with van der Waals surface area (Å²) in [5, 5.41) is 6.68. The molecule has 6 heteroatoms. The van der Waals surface area contributed by atoms with Crippen LogP contribution in [0.4, 0.5) is 4.79 Å². The monoisotopic (exact) mass is 422 g/mol. The molecule has 1 aromatic rings. The van der Waals surface area contributed by atoms with Crippen molar-refractivity contribution in [1.82, 2.24) is 10.6 Å². The number of rotatable bonds is 7. The van der Waals surface area contributed by atoms with Crippen molar-refractivity contribution in [3.63, 3.8) is 0 Å². The number of amides is 1. The molecule has 1 aliphatic carbocycles. The highest BCUT2D eigenvalue weighted by Crippen LogP contribution is 2.49. The number of para-hydroxylation sites is 1. The van der Waals surface area contributed by atoms with Gasteiger partial charge in [-0.05, 0) is 60.9 Å². The van der Waals surface area contributed by atoms with Crippen molar-refractivity contribution >= 4 is 35.3 Å². The Morgan fingerprint density at radius 3 is 2.57 bits per heavy atom. The number of nitrogens with one attached hydrogen (secondary N) is 2. The average Bonchev–Trinajstić information content (AvgIpc) is 2.56. The minimum Gasteiger partial charge on any atom is -0.432 e. The Morgan fingerprint density at radius 2 is 1.96 bits per heavy atom. The lowest BCUT2D eigenvalue weighted by molar-refractivity contribution is 0.0437. The second-order valence-electron chi connectivity index (χ2n) is 9.09. The first-order chi connectivity index (χ1) is 13.1. The van der Waals surface area contributed by atoms with Crippen molar-refractivity contribution in [1.29, 1.82) is 0 Å². The molecule has 1 saturated carbocycles. The Bertz CT molecular complexity index is 666. The second kappa shape index (κ2) is 9.97. The predicted octanol–water partition coefficient (Wildman–Crippen LogP) is 5.72. The number of ether oxygens (including phenoxy) is 1. The van der Waals surface area contributed by atoms with Gasteiger partial charge in [0.1, 0.15) is 5.75 Å². The number of carbonyl (C=O) groups excluding carboxylic acids is 1. The molecular weight excluding hydrogens is 388 g/mol. The number of thiocarbonyl (C=S) groups is 1. The van der Waals surface area contributed by atoms with Crippen LogP contribution < -0.4 is 15.4 Å². The number of hydrogen-bond acceptors (Lipinski definition) is 3. The Kier molecular flexibility index (Phi) is 8.19. The molecule has 3 atom stereocenters. The van der Waals surface area contributed by atoms with E-state index in [1.807, 2.05) is 30.3 Å². The Balaban J connectivity index is 2.16. The molecule has 0 bridgehead atoms. The number of thiol groups is 1. The molecule has 1 aromatic carbocycles. The predicted molar refractivity (Wildman–Crippen MR) is 123 cm³/mol. The molecule has 28 heavy (non-hydrogen) atoms. The average molecular weight is 423 g/mol. The fraction of sp³-hybridized carbons (Fsp3) is 0.636. The third-order valence-electron chi connectivity index (χ3n) is 5.66. The van der Waals surface area contributed by atoms with Gasteiger partial charge < -0.3 is 15.4 Å². The van der Waals surface area contributed by atoms with E-state index in [9.17, 15) is 4.79 Å². The van der Waals surface area contributed by atoms with Gasteiger partial charge in [0.2, 0.25) is 0 Å². The third-order valence-corrected chi connectivity index (χ3v) is 5.99. The second-order valence-corrected chi connectivity index (χ2v) is 9.87. The van der Waals surface area contributed by atoms with E-state index in [2.05, 4.69) is 51.0 Å². The van der Waals surface area contributed by atoms with Crippen molar-refractivity contribution in [3.05, 3.63) is 30.3 Å². The van der Waals surface area contributed by atoms with E-state index in [0.29, 0.717) is 5.17 Å². The van der Waals surface area contributed by atoms with E-state index in [1.165, 1.54) is 0 Å². The first-order valence-electron chi connectivity index (χ1n) is 10.2. The zero-order valence-corrected chi connectivity index (χ0v) is 19.2. The molecule has 0 aromatic heterocycles. The molecule has 0 saturated heterocycles. The summed E-state index contributed by atoms with van der Waals surface area (Å²) in [6, 6.07) is 9.92. The molecule has 0 aliphatic heterocycles. The van der Waals surface area contributed by atoms with Crippen LogP contribution in [-0.4, -0.2) is 22.5 Å².